The van der Waals surface area contributed by atoms with Gasteiger partial charge in [0.15, 0.2) is 0 Å². The van der Waals surface area contributed by atoms with Crippen LogP contribution in [0.5, 0.6) is 0 Å². The van der Waals surface area contributed by atoms with Gasteiger partial charge in [0.1, 0.15) is 0 Å². The van der Waals surface area contributed by atoms with E-state index in [1.807, 2.05) is 0 Å². The van der Waals surface area contributed by atoms with Crippen LogP contribution in [0.25, 0.3) is 0 Å². The van der Waals surface area contributed by atoms with E-state index in [-0.39, 0.29) is 0 Å². The molecule has 126 valence electrons. The maximum absolute atomic E-state index is 5.80. The second-order valence-corrected chi connectivity index (χ2v) is 8.75. The van der Waals surface area contributed by atoms with Crippen LogP contribution in [-0.4, -0.2) is 6.54 Å². The number of hydrogen-bond donors (Lipinski definition) is 1. The molecule has 4 aliphatic carbocycles. The lowest BCUT2D eigenvalue weighted by molar-refractivity contribution is -0.0812. The Bertz CT molecular complexity index is 535. The van der Waals surface area contributed by atoms with Crippen LogP contribution in [0.15, 0.2) is 24.3 Å². The van der Waals surface area contributed by atoms with Crippen molar-refractivity contribution in [3.8, 4) is 0 Å². The smallest absolute Gasteiger partial charge is 0.00739 e. The predicted molar refractivity (Wildman–Crippen MR) is 97.5 cm³/mol. The second-order valence-electron chi connectivity index (χ2n) is 8.75. The minimum absolute atomic E-state index is 0.606. The van der Waals surface area contributed by atoms with Crippen LogP contribution in [0.4, 0.5) is 0 Å². The molecule has 23 heavy (non-hydrogen) atoms. The van der Waals surface area contributed by atoms with Gasteiger partial charge in [-0.15, -0.1) is 0 Å². The Hall–Kier alpha value is -0.820. The highest BCUT2D eigenvalue weighted by Gasteiger charge is 2.56. The molecule has 0 radical (unpaired) electrons. The van der Waals surface area contributed by atoms with Gasteiger partial charge in [0.25, 0.3) is 0 Å². The third-order valence-corrected chi connectivity index (χ3v) is 7.36. The second kappa shape index (κ2) is 6.24. The van der Waals surface area contributed by atoms with Crippen molar-refractivity contribution in [1.29, 1.82) is 0 Å². The van der Waals surface area contributed by atoms with E-state index in [1.165, 1.54) is 57.8 Å². The highest BCUT2D eigenvalue weighted by Crippen LogP contribution is 2.67. The molecule has 1 aromatic rings. The van der Waals surface area contributed by atoms with Crippen molar-refractivity contribution in [2.75, 3.05) is 6.54 Å². The third kappa shape index (κ3) is 2.65. The first-order chi connectivity index (χ1) is 11.3. The fraction of sp³-hybridized carbons (Fsp3) is 0.727. The van der Waals surface area contributed by atoms with E-state index >= 15 is 0 Å². The summed E-state index contributed by atoms with van der Waals surface area (Å²) in [6.07, 6.45) is 12.7. The molecule has 4 bridgehead atoms. The van der Waals surface area contributed by atoms with Crippen LogP contribution < -0.4 is 5.73 Å². The van der Waals surface area contributed by atoms with Gasteiger partial charge in [-0.3, -0.25) is 0 Å². The summed E-state index contributed by atoms with van der Waals surface area (Å²) in [5.41, 5.74) is 9.73. The number of aryl methyl sites for hydroxylation is 1. The first-order valence-electron chi connectivity index (χ1n) is 10.0. The molecule has 4 saturated carbocycles. The van der Waals surface area contributed by atoms with Crippen LogP contribution in [-0.2, 0) is 6.42 Å². The number of benzene rings is 1. The minimum Gasteiger partial charge on any atom is -0.330 e. The lowest BCUT2D eigenvalue weighted by Crippen LogP contribution is -2.51. The molecular weight excluding hydrogens is 278 g/mol. The van der Waals surface area contributed by atoms with Gasteiger partial charge in [-0.25, -0.2) is 0 Å². The van der Waals surface area contributed by atoms with E-state index in [1.54, 1.807) is 11.1 Å². The van der Waals surface area contributed by atoms with Crippen LogP contribution in [0.3, 0.4) is 0 Å². The third-order valence-electron chi connectivity index (χ3n) is 7.36. The summed E-state index contributed by atoms with van der Waals surface area (Å²) < 4.78 is 0. The summed E-state index contributed by atoms with van der Waals surface area (Å²) in [7, 11) is 0. The summed E-state index contributed by atoms with van der Waals surface area (Å²) in [5.74, 6) is 3.88. The Morgan fingerprint density at radius 2 is 1.78 bits per heavy atom. The van der Waals surface area contributed by atoms with Crippen molar-refractivity contribution in [3.05, 3.63) is 35.4 Å². The van der Waals surface area contributed by atoms with Gasteiger partial charge in [0, 0.05) is 0 Å². The van der Waals surface area contributed by atoms with E-state index < -0.39 is 0 Å². The van der Waals surface area contributed by atoms with E-state index in [2.05, 4.69) is 31.2 Å². The molecule has 0 amide bonds. The lowest BCUT2D eigenvalue weighted by atomic mass is 9.43. The largest absolute Gasteiger partial charge is 0.330 e. The zero-order valence-electron chi connectivity index (χ0n) is 14.8. The van der Waals surface area contributed by atoms with Gasteiger partial charge in [-0.05, 0) is 98.1 Å². The molecule has 1 heteroatoms. The molecule has 5 rings (SSSR count). The minimum atomic E-state index is 0.606. The maximum atomic E-state index is 5.80. The summed E-state index contributed by atoms with van der Waals surface area (Å²) in [5, 5.41) is 0. The van der Waals surface area contributed by atoms with E-state index in [9.17, 15) is 0 Å². The zero-order valence-corrected chi connectivity index (χ0v) is 14.8. The predicted octanol–water partition coefficient (Wildman–Crippen LogP) is 5.29. The molecule has 1 nitrogen and oxygen atoms in total. The van der Waals surface area contributed by atoms with E-state index in [0.717, 1.165) is 30.2 Å². The molecule has 0 spiro atoms. The number of unbranched alkanes of at least 4 members (excludes halogenated alkanes) is 1. The van der Waals surface area contributed by atoms with Crippen LogP contribution in [0.1, 0.15) is 75.3 Å². The van der Waals surface area contributed by atoms with Gasteiger partial charge >= 0.3 is 0 Å². The fourth-order valence-corrected chi connectivity index (χ4v) is 6.93. The first kappa shape index (κ1) is 15.7. The molecular formula is C22H33N. The van der Waals surface area contributed by atoms with Gasteiger partial charge in [0.05, 0.1) is 0 Å². The molecule has 1 aromatic carbocycles. The summed E-state index contributed by atoms with van der Waals surface area (Å²) in [6, 6.07) is 9.37. The number of rotatable bonds is 6. The Balaban J connectivity index is 1.70. The molecule has 0 aromatic heterocycles. The molecule has 0 heterocycles. The SMILES string of the molecule is CCc1ccccc1C1C2CC3CC(C2)CC1(CCCCN)C3. The zero-order chi connectivity index (χ0) is 15.9. The normalized spacial score (nSPS) is 38.2. The van der Waals surface area contributed by atoms with Crippen molar-refractivity contribution in [2.24, 2.45) is 28.9 Å². The van der Waals surface area contributed by atoms with Crippen molar-refractivity contribution in [3.63, 3.8) is 0 Å². The maximum Gasteiger partial charge on any atom is -0.00739 e. The standard InChI is InChI=1S/C22H33N/c1-2-18-7-3-4-8-20(18)21-19-12-16-11-17(13-19)15-22(21,14-16)9-5-6-10-23/h3-4,7-8,16-17,19,21H,2,5-6,9-15,23H2,1H3. The number of nitrogens with two attached hydrogens (primary N) is 1. The van der Waals surface area contributed by atoms with E-state index in [4.69, 9.17) is 5.73 Å². The highest BCUT2D eigenvalue weighted by atomic mass is 14.6. The van der Waals surface area contributed by atoms with Crippen LogP contribution in [0.2, 0.25) is 0 Å². The molecule has 0 saturated heterocycles. The molecule has 4 aliphatic rings. The first-order valence-corrected chi connectivity index (χ1v) is 10.0. The molecule has 2 N–H and O–H groups in total. The monoisotopic (exact) mass is 311 g/mol. The summed E-state index contributed by atoms with van der Waals surface area (Å²) in [6.45, 7) is 3.19. The Morgan fingerprint density at radius 1 is 1.04 bits per heavy atom. The topological polar surface area (TPSA) is 26.0 Å². The molecule has 4 fully saturated rings. The van der Waals surface area contributed by atoms with Crippen molar-refractivity contribution in [2.45, 2.75) is 70.6 Å². The van der Waals surface area contributed by atoms with Crippen LogP contribution >= 0.6 is 0 Å². The van der Waals surface area contributed by atoms with Gasteiger partial charge in [-0.1, -0.05) is 37.6 Å². The lowest BCUT2D eigenvalue weighted by Gasteiger charge is -2.62. The van der Waals surface area contributed by atoms with Crippen molar-refractivity contribution < 1.29 is 0 Å². The van der Waals surface area contributed by atoms with Crippen molar-refractivity contribution in [1.82, 2.24) is 0 Å². The van der Waals surface area contributed by atoms with Crippen LogP contribution in [0, 0.1) is 23.2 Å². The summed E-state index contributed by atoms with van der Waals surface area (Å²) >= 11 is 0. The highest BCUT2D eigenvalue weighted by molar-refractivity contribution is 5.35. The Labute approximate surface area is 142 Å². The molecule has 0 aliphatic heterocycles. The Morgan fingerprint density at radius 3 is 2.48 bits per heavy atom. The molecule has 3 atom stereocenters. The van der Waals surface area contributed by atoms with Crippen molar-refractivity contribution >= 4 is 0 Å². The Kier molecular flexibility index (Phi) is 4.26. The van der Waals surface area contributed by atoms with E-state index in [0.29, 0.717) is 5.41 Å². The number of hydrogen-bond acceptors (Lipinski definition) is 1. The average Bonchev–Trinajstić information content (AvgIpc) is 2.54. The van der Waals surface area contributed by atoms with Gasteiger partial charge in [0.2, 0.25) is 0 Å². The molecule has 3 unspecified atom stereocenters. The fourth-order valence-electron chi connectivity index (χ4n) is 6.93. The van der Waals surface area contributed by atoms with Gasteiger partial charge < -0.3 is 5.73 Å². The average molecular weight is 312 g/mol. The quantitative estimate of drug-likeness (QED) is 0.710. The van der Waals surface area contributed by atoms with Gasteiger partial charge in [-0.2, -0.15) is 0 Å². The summed E-state index contributed by atoms with van der Waals surface area (Å²) in [4.78, 5) is 0.